The number of rotatable bonds is 1. The summed E-state index contributed by atoms with van der Waals surface area (Å²) in [7, 11) is 0. The van der Waals surface area contributed by atoms with Gasteiger partial charge in [-0.3, -0.25) is 4.79 Å². The van der Waals surface area contributed by atoms with Crippen molar-refractivity contribution >= 4 is 5.91 Å². The van der Waals surface area contributed by atoms with Crippen molar-refractivity contribution < 1.29 is 22.4 Å². The second-order valence-electron chi connectivity index (χ2n) is 4.74. The molecule has 1 fully saturated rings. The minimum atomic E-state index is -4.81. The fourth-order valence-electron chi connectivity index (χ4n) is 2.18. The van der Waals surface area contributed by atoms with Gasteiger partial charge in [0.2, 0.25) is 0 Å². The third-order valence-corrected chi connectivity index (χ3v) is 3.28. The van der Waals surface area contributed by atoms with E-state index in [4.69, 9.17) is 0 Å². The zero-order valence-electron chi connectivity index (χ0n) is 10.8. The van der Waals surface area contributed by atoms with Crippen LogP contribution in [0.25, 0.3) is 0 Å². The summed E-state index contributed by atoms with van der Waals surface area (Å²) in [6, 6.07) is 2.23. The number of nitrogens with zero attached hydrogens (tertiary/aromatic N) is 1. The van der Waals surface area contributed by atoms with Crippen molar-refractivity contribution in [3.63, 3.8) is 0 Å². The lowest BCUT2D eigenvalue weighted by molar-refractivity contribution is -0.140. The quantitative estimate of drug-likeness (QED) is 0.805. The van der Waals surface area contributed by atoms with Crippen molar-refractivity contribution in [2.24, 2.45) is 0 Å². The molecule has 1 atom stereocenters. The first kappa shape index (κ1) is 14.8. The molecule has 1 saturated heterocycles. The molecule has 1 N–H and O–H groups in total. The Labute approximate surface area is 113 Å². The van der Waals surface area contributed by atoms with Crippen LogP contribution in [0.4, 0.5) is 17.6 Å². The number of carbonyl (C=O) groups excluding carboxylic acids is 1. The van der Waals surface area contributed by atoms with Gasteiger partial charge in [-0.05, 0) is 25.1 Å². The summed E-state index contributed by atoms with van der Waals surface area (Å²) in [6.45, 7) is 3.39. The van der Waals surface area contributed by atoms with Crippen molar-refractivity contribution in [1.29, 1.82) is 0 Å². The van der Waals surface area contributed by atoms with Crippen molar-refractivity contribution in [3.05, 3.63) is 35.1 Å². The van der Waals surface area contributed by atoms with Gasteiger partial charge in [0.1, 0.15) is 5.82 Å². The van der Waals surface area contributed by atoms with Crippen LogP contribution in [0.2, 0.25) is 0 Å². The first-order valence-electron chi connectivity index (χ1n) is 6.19. The van der Waals surface area contributed by atoms with Gasteiger partial charge in [-0.1, -0.05) is 0 Å². The van der Waals surface area contributed by atoms with Gasteiger partial charge in [0, 0.05) is 31.2 Å². The van der Waals surface area contributed by atoms with Crippen LogP contribution in [0.1, 0.15) is 22.8 Å². The Bertz CT molecular complexity index is 516. The molecule has 110 valence electrons. The molecule has 3 nitrogen and oxygen atoms in total. The smallest absolute Gasteiger partial charge is 0.333 e. The lowest BCUT2D eigenvalue weighted by Crippen LogP contribution is -2.52. The Morgan fingerprint density at radius 2 is 2.10 bits per heavy atom. The third-order valence-electron chi connectivity index (χ3n) is 3.28. The van der Waals surface area contributed by atoms with E-state index in [1.54, 1.807) is 6.92 Å². The summed E-state index contributed by atoms with van der Waals surface area (Å²) in [4.78, 5) is 13.7. The van der Waals surface area contributed by atoms with E-state index >= 15 is 0 Å². The van der Waals surface area contributed by atoms with Crippen LogP contribution in [0.3, 0.4) is 0 Å². The average Bonchev–Trinajstić information content (AvgIpc) is 2.37. The van der Waals surface area contributed by atoms with Gasteiger partial charge in [-0.15, -0.1) is 0 Å². The van der Waals surface area contributed by atoms with E-state index in [0.717, 1.165) is 6.07 Å². The molecule has 7 heteroatoms. The highest BCUT2D eigenvalue weighted by Gasteiger charge is 2.35. The van der Waals surface area contributed by atoms with E-state index in [1.165, 1.54) is 4.90 Å². The standard InChI is InChI=1S/C13H14F4N2O/c1-8-7-18-4-5-19(8)12(20)9-2-3-11(14)10(6-9)13(15,16)17/h2-3,6,8,18H,4-5,7H2,1H3. The zero-order valence-corrected chi connectivity index (χ0v) is 10.8. The lowest BCUT2D eigenvalue weighted by Gasteiger charge is -2.34. The number of amides is 1. The van der Waals surface area contributed by atoms with Crippen LogP contribution in [-0.2, 0) is 6.18 Å². The van der Waals surface area contributed by atoms with E-state index in [2.05, 4.69) is 5.32 Å². The van der Waals surface area contributed by atoms with Gasteiger partial charge in [0.15, 0.2) is 0 Å². The summed E-state index contributed by atoms with van der Waals surface area (Å²) in [5.74, 6) is -1.88. The minimum absolute atomic E-state index is 0.115. The molecule has 0 saturated carbocycles. The van der Waals surface area contributed by atoms with Crippen molar-refractivity contribution in [2.75, 3.05) is 19.6 Å². The second-order valence-corrected chi connectivity index (χ2v) is 4.74. The fourth-order valence-corrected chi connectivity index (χ4v) is 2.18. The Morgan fingerprint density at radius 3 is 2.70 bits per heavy atom. The molecule has 1 unspecified atom stereocenters. The number of piperazine rings is 1. The average molecular weight is 290 g/mol. The number of nitrogens with one attached hydrogen (secondary N) is 1. The fraction of sp³-hybridized carbons (Fsp3) is 0.462. The second kappa shape index (κ2) is 5.40. The normalized spacial score (nSPS) is 20.1. The molecule has 1 amide bonds. The summed E-state index contributed by atoms with van der Waals surface area (Å²) in [6.07, 6.45) is -4.81. The lowest BCUT2D eigenvalue weighted by atomic mass is 10.1. The third kappa shape index (κ3) is 2.92. The zero-order chi connectivity index (χ0) is 14.9. The van der Waals surface area contributed by atoms with Crippen LogP contribution in [0.15, 0.2) is 18.2 Å². The van der Waals surface area contributed by atoms with Gasteiger partial charge in [0.25, 0.3) is 5.91 Å². The molecule has 2 rings (SSSR count). The van der Waals surface area contributed by atoms with Gasteiger partial charge >= 0.3 is 6.18 Å². The molecule has 1 heterocycles. The molecule has 0 bridgehead atoms. The molecule has 0 aliphatic carbocycles. The molecule has 1 aliphatic heterocycles. The molecule has 0 spiro atoms. The topological polar surface area (TPSA) is 32.3 Å². The summed E-state index contributed by atoms with van der Waals surface area (Å²) < 4.78 is 51.1. The van der Waals surface area contributed by atoms with Crippen molar-refractivity contribution in [2.45, 2.75) is 19.1 Å². The molecular formula is C13H14F4N2O. The van der Waals surface area contributed by atoms with Crippen LogP contribution in [0, 0.1) is 5.82 Å². The molecule has 20 heavy (non-hydrogen) atoms. The number of carbonyl (C=O) groups is 1. The number of halogens is 4. The highest BCUT2D eigenvalue weighted by Crippen LogP contribution is 2.32. The first-order chi connectivity index (χ1) is 9.30. The molecule has 1 aliphatic rings. The van der Waals surface area contributed by atoms with Crippen LogP contribution in [-0.4, -0.2) is 36.5 Å². The predicted octanol–water partition coefficient (Wildman–Crippen LogP) is 2.28. The largest absolute Gasteiger partial charge is 0.419 e. The van der Waals surface area contributed by atoms with E-state index in [0.29, 0.717) is 31.8 Å². The SMILES string of the molecule is CC1CNCCN1C(=O)c1ccc(F)c(C(F)(F)F)c1. The summed E-state index contributed by atoms with van der Waals surface area (Å²) in [5, 5.41) is 3.08. The van der Waals surface area contributed by atoms with E-state index in [-0.39, 0.29) is 11.6 Å². The monoisotopic (exact) mass is 290 g/mol. The Balaban J connectivity index is 2.31. The van der Waals surface area contributed by atoms with Crippen LogP contribution < -0.4 is 5.32 Å². The number of alkyl halides is 3. The molecular weight excluding hydrogens is 276 g/mol. The summed E-state index contributed by atoms with van der Waals surface area (Å²) in [5.41, 5.74) is -1.56. The molecule has 1 aromatic rings. The van der Waals surface area contributed by atoms with E-state index in [9.17, 15) is 22.4 Å². The number of benzene rings is 1. The summed E-state index contributed by atoms with van der Waals surface area (Å²) >= 11 is 0. The first-order valence-corrected chi connectivity index (χ1v) is 6.19. The molecule has 1 aromatic carbocycles. The van der Waals surface area contributed by atoms with Crippen molar-refractivity contribution in [1.82, 2.24) is 10.2 Å². The van der Waals surface area contributed by atoms with E-state index in [1.807, 2.05) is 0 Å². The van der Waals surface area contributed by atoms with Gasteiger partial charge in [0.05, 0.1) is 5.56 Å². The van der Waals surface area contributed by atoms with Crippen LogP contribution in [0.5, 0.6) is 0 Å². The number of hydrogen-bond donors (Lipinski definition) is 1. The highest BCUT2D eigenvalue weighted by molar-refractivity contribution is 5.94. The maximum absolute atomic E-state index is 13.2. The van der Waals surface area contributed by atoms with Crippen molar-refractivity contribution in [3.8, 4) is 0 Å². The Kier molecular flexibility index (Phi) is 3.99. The maximum atomic E-state index is 13.2. The van der Waals surface area contributed by atoms with Gasteiger partial charge < -0.3 is 10.2 Å². The van der Waals surface area contributed by atoms with Crippen LogP contribution >= 0.6 is 0 Å². The minimum Gasteiger partial charge on any atom is -0.333 e. The number of hydrogen-bond acceptors (Lipinski definition) is 2. The van der Waals surface area contributed by atoms with Gasteiger partial charge in [-0.25, -0.2) is 4.39 Å². The Hall–Kier alpha value is -1.63. The maximum Gasteiger partial charge on any atom is 0.419 e. The highest BCUT2D eigenvalue weighted by atomic mass is 19.4. The predicted molar refractivity (Wildman–Crippen MR) is 64.8 cm³/mol. The van der Waals surface area contributed by atoms with E-state index < -0.39 is 23.5 Å². The molecule has 0 radical (unpaired) electrons. The Morgan fingerprint density at radius 1 is 1.40 bits per heavy atom. The molecule has 0 aromatic heterocycles. The van der Waals surface area contributed by atoms with Gasteiger partial charge in [-0.2, -0.15) is 13.2 Å².